The van der Waals surface area contributed by atoms with E-state index in [1.54, 1.807) is 54.6 Å². The van der Waals surface area contributed by atoms with Gasteiger partial charge in [-0.15, -0.1) is 0 Å². The number of rotatable bonds is 11. The van der Waals surface area contributed by atoms with E-state index in [9.17, 15) is 23.2 Å². The van der Waals surface area contributed by atoms with E-state index in [0.29, 0.717) is 11.3 Å². The van der Waals surface area contributed by atoms with E-state index in [2.05, 4.69) is 10.6 Å². The molecule has 0 aliphatic carbocycles. The van der Waals surface area contributed by atoms with Crippen molar-refractivity contribution >= 4 is 23.4 Å². The van der Waals surface area contributed by atoms with Crippen LogP contribution < -0.4 is 21.1 Å². The summed E-state index contributed by atoms with van der Waals surface area (Å²) >= 11 is 0. The summed E-state index contributed by atoms with van der Waals surface area (Å²) in [7, 11) is 0. The highest BCUT2D eigenvalue weighted by Gasteiger charge is 2.48. The molecule has 0 spiro atoms. The zero-order valence-electron chi connectivity index (χ0n) is 22.1. The van der Waals surface area contributed by atoms with Crippen molar-refractivity contribution in [3.63, 3.8) is 0 Å². The number of carbonyl (C=O) groups excluding carboxylic acids is 3. The van der Waals surface area contributed by atoms with Gasteiger partial charge < -0.3 is 31.4 Å². The molecule has 0 saturated carbocycles. The van der Waals surface area contributed by atoms with Crippen LogP contribution >= 0.6 is 0 Å². The van der Waals surface area contributed by atoms with Crippen molar-refractivity contribution in [1.82, 2.24) is 15.5 Å². The molecule has 210 valence electrons. The number of benzene rings is 2. The summed E-state index contributed by atoms with van der Waals surface area (Å²) in [6.07, 6.45) is -2.67. The van der Waals surface area contributed by atoms with Crippen LogP contribution in [0.5, 0.6) is 5.75 Å². The van der Waals surface area contributed by atoms with Crippen LogP contribution in [-0.4, -0.2) is 72.6 Å². The fraction of sp³-hybridized carbons (Fsp3) is 0.429. The Kier molecular flexibility index (Phi) is 9.74. The van der Waals surface area contributed by atoms with E-state index < -0.39 is 47.7 Å². The van der Waals surface area contributed by atoms with E-state index in [4.69, 9.17) is 15.9 Å². The number of ether oxygens (including phenoxy) is 1. The van der Waals surface area contributed by atoms with Crippen LogP contribution in [-0.2, 0) is 20.8 Å². The van der Waals surface area contributed by atoms with Gasteiger partial charge in [0.1, 0.15) is 23.8 Å². The zero-order valence-corrected chi connectivity index (χ0v) is 22.1. The molecular weight excluding hydrogens is 508 g/mol. The molecule has 0 radical (unpaired) electrons. The Morgan fingerprint density at radius 2 is 1.72 bits per heavy atom. The highest BCUT2D eigenvalue weighted by atomic mass is 19.3. The topological polar surface area (TPSA) is 138 Å². The van der Waals surface area contributed by atoms with Gasteiger partial charge >= 0.3 is 0 Å². The second-order valence-electron chi connectivity index (χ2n) is 10.2. The van der Waals surface area contributed by atoms with Crippen LogP contribution in [0.25, 0.3) is 0 Å². The van der Waals surface area contributed by atoms with Crippen molar-refractivity contribution in [2.24, 2.45) is 11.1 Å². The van der Waals surface area contributed by atoms with Crippen LogP contribution in [0.4, 0.5) is 8.78 Å². The Labute approximate surface area is 226 Å². The first-order valence-corrected chi connectivity index (χ1v) is 12.7. The minimum atomic E-state index is -2.77. The van der Waals surface area contributed by atoms with Crippen molar-refractivity contribution in [3.8, 4) is 5.75 Å². The standard InChI is InChI=1S/C28H35F2N5O4/c1-27(2,32)25(37)34-21(17-39-20-11-7-4-8-12-20)24(36)35-14-13-22(31)28(18-35,26(38)33-16-23(29)30)15-19-9-5-3-6-10-19/h3-12,21,23,31H,13-18,32H2,1-2H3,(H,33,38)(H,34,37)/t21-,28-/m1/s1. The van der Waals surface area contributed by atoms with Crippen LogP contribution in [0.1, 0.15) is 25.8 Å². The molecule has 0 aromatic heterocycles. The molecule has 0 bridgehead atoms. The summed E-state index contributed by atoms with van der Waals surface area (Å²) in [4.78, 5) is 41.2. The molecule has 2 atom stereocenters. The molecule has 5 N–H and O–H groups in total. The van der Waals surface area contributed by atoms with Crippen molar-refractivity contribution in [2.45, 2.75) is 44.7 Å². The molecule has 3 rings (SSSR count). The Bertz CT molecular complexity index is 1160. The van der Waals surface area contributed by atoms with Gasteiger partial charge in [0.25, 0.3) is 6.43 Å². The Morgan fingerprint density at radius 3 is 2.31 bits per heavy atom. The first kappa shape index (κ1) is 29.7. The Balaban J connectivity index is 1.90. The third-order valence-electron chi connectivity index (χ3n) is 6.53. The lowest BCUT2D eigenvalue weighted by molar-refractivity contribution is -0.141. The van der Waals surface area contributed by atoms with Gasteiger partial charge in [-0.2, -0.15) is 0 Å². The number of hydrogen-bond donors (Lipinski definition) is 4. The second kappa shape index (κ2) is 12.8. The lowest BCUT2D eigenvalue weighted by atomic mass is 9.72. The predicted octanol–water partition coefficient (Wildman–Crippen LogP) is 2.15. The SMILES string of the molecule is CC(C)(N)C(=O)N[C@H](COc1ccccc1)C(=O)N1CCC(=N)[C@](Cc2ccccc2)(C(=O)NCC(F)F)C1. The van der Waals surface area contributed by atoms with E-state index >= 15 is 0 Å². The molecular formula is C28H35F2N5O4. The number of likely N-dealkylation sites (tertiary alicyclic amines) is 1. The molecule has 1 aliphatic heterocycles. The minimum Gasteiger partial charge on any atom is -0.491 e. The van der Waals surface area contributed by atoms with Gasteiger partial charge in [-0.05, 0) is 38.0 Å². The fourth-order valence-electron chi connectivity index (χ4n) is 4.35. The fourth-order valence-corrected chi connectivity index (χ4v) is 4.35. The maximum atomic E-state index is 13.8. The van der Waals surface area contributed by atoms with Crippen LogP contribution in [0.3, 0.4) is 0 Å². The molecule has 3 amide bonds. The number of piperidine rings is 1. The monoisotopic (exact) mass is 543 g/mol. The average Bonchev–Trinajstić information content (AvgIpc) is 2.91. The highest BCUT2D eigenvalue weighted by molar-refractivity contribution is 6.09. The summed E-state index contributed by atoms with van der Waals surface area (Å²) in [5.74, 6) is -1.37. The van der Waals surface area contributed by atoms with Gasteiger partial charge in [0.15, 0.2) is 0 Å². The van der Waals surface area contributed by atoms with Gasteiger partial charge in [-0.25, -0.2) is 8.78 Å². The third-order valence-corrected chi connectivity index (χ3v) is 6.53. The van der Waals surface area contributed by atoms with Crippen molar-refractivity contribution in [3.05, 3.63) is 66.2 Å². The largest absolute Gasteiger partial charge is 0.491 e. The van der Waals surface area contributed by atoms with Crippen LogP contribution in [0.2, 0.25) is 0 Å². The summed E-state index contributed by atoms with van der Waals surface area (Å²) in [6.45, 7) is 1.82. The van der Waals surface area contributed by atoms with Gasteiger partial charge in [0.2, 0.25) is 17.7 Å². The van der Waals surface area contributed by atoms with Gasteiger partial charge in [0, 0.05) is 25.2 Å². The number of para-hydroxylation sites is 1. The molecule has 2 aromatic rings. The highest BCUT2D eigenvalue weighted by Crippen LogP contribution is 2.32. The first-order valence-electron chi connectivity index (χ1n) is 12.7. The lowest BCUT2D eigenvalue weighted by Gasteiger charge is -2.43. The molecule has 1 fully saturated rings. The maximum Gasteiger partial charge on any atom is 0.255 e. The van der Waals surface area contributed by atoms with E-state index in [-0.39, 0.29) is 38.2 Å². The minimum absolute atomic E-state index is 0.0406. The number of carbonyl (C=O) groups is 3. The zero-order chi connectivity index (χ0) is 28.6. The Hall–Kier alpha value is -3.86. The van der Waals surface area contributed by atoms with Crippen molar-refractivity contribution in [1.29, 1.82) is 5.41 Å². The number of nitrogens with one attached hydrogen (secondary N) is 3. The Morgan fingerprint density at radius 1 is 1.10 bits per heavy atom. The van der Waals surface area contributed by atoms with E-state index in [1.165, 1.54) is 18.7 Å². The predicted molar refractivity (Wildman–Crippen MR) is 143 cm³/mol. The quantitative estimate of drug-likeness (QED) is 0.344. The second-order valence-corrected chi connectivity index (χ2v) is 10.2. The average molecular weight is 544 g/mol. The third kappa shape index (κ3) is 7.82. The van der Waals surface area contributed by atoms with Crippen molar-refractivity contribution in [2.75, 3.05) is 26.2 Å². The van der Waals surface area contributed by atoms with Crippen LogP contribution in [0.15, 0.2) is 60.7 Å². The maximum absolute atomic E-state index is 13.8. The molecule has 1 saturated heterocycles. The molecule has 39 heavy (non-hydrogen) atoms. The molecule has 1 heterocycles. The number of nitrogens with zero attached hydrogens (tertiary/aromatic N) is 1. The molecule has 0 unspecified atom stereocenters. The number of alkyl halides is 2. The van der Waals surface area contributed by atoms with Gasteiger partial charge in [0.05, 0.1) is 12.1 Å². The van der Waals surface area contributed by atoms with Gasteiger partial charge in [-0.3, -0.25) is 14.4 Å². The number of halogens is 2. The first-order chi connectivity index (χ1) is 18.4. The lowest BCUT2D eigenvalue weighted by Crippen LogP contribution is -2.63. The van der Waals surface area contributed by atoms with Crippen molar-refractivity contribution < 1.29 is 27.9 Å². The normalized spacial score (nSPS) is 18.4. The number of hydrogen-bond acceptors (Lipinski definition) is 6. The smallest absolute Gasteiger partial charge is 0.255 e. The molecule has 1 aliphatic rings. The molecule has 2 aromatic carbocycles. The summed E-state index contributed by atoms with van der Waals surface area (Å²) < 4.78 is 31.7. The van der Waals surface area contributed by atoms with E-state index in [0.717, 1.165) is 0 Å². The van der Waals surface area contributed by atoms with Crippen LogP contribution in [0, 0.1) is 10.8 Å². The van der Waals surface area contributed by atoms with E-state index in [1.807, 2.05) is 6.07 Å². The molecule has 9 nitrogen and oxygen atoms in total. The number of amides is 3. The van der Waals surface area contributed by atoms with Gasteiger partial charge in [-0.1, -0.05) is 48.5 Å². The number of nitrogens with two attached hydrogens (primary N) is 1. The summed E-state index contributed by atoms with van der Waals surface area (Å²) in [5.41, 5.74) is 3.86. The molecule has 11 heteroatoms. The summed E-state index contributed by atoms with van der Waals surface area (Å²) in [5, 5.41) is 13.6. The summed E-state index contributed by atoms with van der Waals surface area (Å²) in [6, 6.07) is 16.5.